The van der Waals surface area contributed by atoms with Crippen molar-refractivity contribution in [3.63, 3.8) is 0 Å². The number of aromatic nitrogens is 1. The number of hydrogen-bond acceptors (Lipinski definition) is 5. The Hall–Kier alpha value is -2.93. The molecule has 2 amide bonds. The number of rotatable bonds is 7. The van der Waals surface area contributed by atoms with Gasteiger partial charge in [0.2, 0.25) is 11.8 Å². The van der Waals surface area contributed by atoms with Gasteiger partial charge in [-0.3, -0.25) is 14.6 Å². The first-order valence-corrected chi connectivity index (χ1v) is 9.48. The highest BCUT2D eigenvalue weighted by Gasteiger charge is 2.18. The molecule has 1 aromatic heterocycles. The highest BCUT2D eigenvalue weighted by molar-refractivity contribution is 6.04. The molecule has 0 atom stereocenters. The summed E-state index contributed by atoms with van der Waals surface area (Å²) in [6.45, 7) is 3.46. The molecule has 1 N–H and O–H groups in total. The number of pyridine rings is 1. The van der Waals surface area contributed by atoms with E-state index in [0.717, 1.165) is 36.4 Å². The lowest BCUT2D eigenvalue weighted by molar-refractivity contribution is -0.133. The van der Waals surface area contributed by atoms with Crippen LogP contribution in [0.5, 0.6) is 0 Å². The molecule has 0 aliphatic carbocycles. The van der Waals surface area contributed by atoms with Crippen LogP contribution in [0.3, 0.4) is 0 Å². The van der Waals surface area contributed by atoms with Gasteiger partial charge in [-0.2, -0.15) is 0 Å². The van der Waals surface area contributed by atoms with Gasteiger partial charge in [-0.05, 0) is 36.2 Å². The van der Waals surface area contributed by atoms with Gasteiger partial charge in [0.05, 0.1) is 24.6 Å². The van der Waals surface area contributed by atoms with Gasteiger partial charge in [0, 0.05) is 39.1 Å². The van der Waals surface area contributed by atoms with E-state index >= 15 is 0 Å². The molecule has 2 heterocycles. The second-order valence-electron chi connectivity index (χ2n) is 6.76. The number of likely N-dealkylation sites (N-methyl/N-ethyl adjacent to an activating group) is 1. The summed E-state index contributed by atoms with van der Waals surface area (Å²) in [4.78, 5) is 32.6. The zero-order valence-corrected chi connectivity index (χ0v) is 16.1. The lowest BCUT2D eigenvalue weighted by atomic mass is 10.2. The molecule has 7 heteroatoms. The fraction of sp³-hybridized carbons (Fsp3) is 0.381. The fourth-order valence-corrected chi connectivity index (χ4v) is 3.10. The standard InChI is InChI=1S/C21H26N4O3/c1-24(11-8-17-6-9-22-10-7-17)21(27)16-20(26)23-18-4-2-3-5-19(18)25-12-14-28-15-13-25/h2-7,9-10H,8,11-16H2,1H3,(H,23,26). The number of carbonyl (C=O) groups excluding carboxylic acids is 2. The Morgan fingerprint density at radius 2 is 1.86 bits per heavy atom. The molecule has 7 nitrogen and oxygen atoms in total. The molecule has 1 aromatic carbocycles. The van der Waals surface area contributed by atoms with Crippen LogP contribution in [0.25, 0.3) is 0 Å². The average molecular weight is 382 g/mol. The van der Waals surface area contributed by atoms with Crippen molar-refractivity contribution in [2.75, 3.05) is 50.1 Å². The Morgan fingerprint density at radius 3 is 2.61 bits per heavy atom. The second kappa shape index (κ2) is 9.85. The number of nitrogens with zero attached hydrogens (tertiary/aromatic N) is 3. The molecular formula is C21H26N4O3. The molecule has 0 spiro atoms. The summed E-state index contributed by atoms with van der Waals surface area (Å²) in [5.41, 5.74) is 2.79. The van der Waals surface area contributed by atoms with E-state index < -0.39 is 0 Å². The highest BCUT2D eigenvalue weighted by atomic mass is 16.5. The zero-order chi connectivity index (χ0) is 19.8. The van der Waals surface area contributed by atoms with E-state index in [1.807, 2.05) is 36.4 Å². The summed E-state index contributed by atoms with van der Waals surface area (Å²) in [7, 11) is 1.72. The number of nitrogens with one attached hydrogen (secondary N) is 1. The minimum absolute atomic E-state index is 0.176. The van der Waals surface area contributed by atoms with Crippen molar-refractivity contribution in [1.29, 1.82) is 0 Å². The maximum absolute atomic E-state index is 12.4. The molecule has 3 rings (SSSR count). The number of hydrogen-bond donors (Lipinski definition) is 1. The quantitative estimate of drug-likeness (QED) is 0.741. The summed E-state index contributed by atoms with van der Waals surface area (Å²) in [5.74, 6) is -0.503. The molecule has 0 unspecified atom stereocenters. The Kier molecular flexibility index (Phi) is 6.97. The number of carbonyl (C=O) groups is 2. The van der Waals surface area contributed by atoms with Gasteiger partial charge in [-0.15, -0.1) is 0 Å². The topological polar surface area (TPSA) is 74.8 Å². The number of amides is 2. The first-order valence-electron chi connectivity index (χ1n) is 9.48. The predicted octanol–water partition coefficient (Wildman–Crippen LogP) is 1.95. The maximum atomic E-state index is 12.4. The van der Waals surface area contributed by atoms with Crippen LogP contribution in [-0.4, -0.2) is 61.6 Å². The molecule has 0 bridgehead atoms. The summed E-state index contributed by atoms with van der Waals surface area (Å²) >= 11 is 0. The molecule has 2 aromatic rings. The molecule has 0 radical (unpaired) electrons. The first-order chi connectivity index (χ1) is 13.6. The van der Waals surface area contributed by atoms with Crippen molar-refractivity contribution in [2.24, 2.45) is 0 Å². The van der Waals surface area contributed by atoms with Gasteiger partial charge in [-0.1, -0.05) is 12.1 Å². The lowest BCUT2D eigenvalue weighted by Gasteiger charge is -2.30. The van der Waals surface area contributed by atoms with Crippen LogP contribution in [0.1, 0.15) is 12.0 Å². The average Bonchev–Trinajstić information content (AvgIpc) is 2.73. The van der Waals surface area contributed by atoms with Crippen molar-refractivity contribution < 1.29 is 14.3 Å². The van der Waals surface area contributed by atoms with E-state index in [1.54, 1.807) is 24.3 Å². The Balaban J connectivity index is 1.53. The molecule has 28 heavy (non-hydrogen) atoms. The minimum Gasteiger partial charge on any atom is -0.378 e. The number of morpholine rings is 1. The number of para-hydroxylation sites is 2. The van der Waals surface area contributed by atoms with Crippen molar-refractivity contribution >= 4 is 23.2 Å². The Bertz CT molecular complexity index is 791. The summed E-state index contributed by atoms with van der Waals surface area (Å²) < 4.78 is 5.39. The third kappa shape index (κ3) is 5.53. The van der Waals surface area contributed by atoms with Gasteiger partial charge < -0.3 is 19.9 Å². The summed E-state index contributed by atoms with van der Waals surface area (Å²) in [6, 6.07) is 11.5. The van der Waals surface area contributed by atoms with Gasteiger partial charge in [0.15, 0.2) is 0 Å². The van der Waals surface area contributed by atoms with Crippen LogP contribution in [0.2, 0.25) is 0 Å². The third-order valence-corrected chi connectivity index (χ3v) is 4.75. The van der Waals surface area contributed by atoms with E-state index in [2.05, 4.69) is 15.2 Å². The molecule has 1 saturated heterocycles. The second-order valence-corrected chi connectivity index (χ2v) is 6.76. The van der Waals surface area contributed by atoms with Crippen molar-refractivity contribution in [3.05, 3.63) is 54.4 Å². The van der Waals surface area contributed by atoms with Crippen molar-refractivity contribution in [3.8, 4) is 0 Å². The van der Waals surface area contributed by atoms with Gasteiger partial charge in [-0.25, -0.2) is 0 Å². The van der Waals surface area contributed by atoms with E-state index in [-0.39, 0.29) is 18.2 Å². The Labute approximate surface area is 165 Å². The molecule has 1 aliphatic heterocycles. The number of benzene rings is 1. The monoisotopic (exact) mass is 382 g/mol. The fourth-order valence-electron chi connectivity index (χ4n) is 3.10. The molecule has 148 valence electrons. The molecule has 1 aliphatic rings. The van der Waals surface area contributed by atoms with Crippen LogP contribution in [-0.2, 0) is 20.7 Å². The molecule has 1 fully saturated rings. The summed E-state index contributed by atoms with van der Waals surface area (Å²) in [5, 5.41) is 2.89. The van der Waals surface area contributed by atoms with Gasteiger partial charge in [0.1, 0.15) is 6.42 Å². The lowest BCUT2D eigenvalue weighted by Crippen LogP contribution is -2.37. The van der Waals surface area contributed by atoms with Crippen LogP contribution in [0, 0.1) is 0 Å². The van der Waals surface area contributed by atoms with Crippen molar-refractivity contribution in [1.82, 2.24) is 9.88 Å². The van der Waals surface area contributed by atoms with Crippen LogP contribution in [0.15, 0.2) is 48.8 Å². The minimum atomic E-state index is -0.304. The third-order valence-electron chi connectivity index (χ3n) is 4.75. The van der Waals surface area contributed by atoms with E-state index in [9.17, 15) is 9.59 Å². The first kappa shape index (κ1) is 19.8. The van der Waals surface area contributed by atoms with Crippen LogP contribution in [0.4, 0.5) is 11.4 Å². The number of ether oxygens (including phenoxy) is 1. The zero-order valence-electron chi connectivity index (χ0n) is 16.1. The molecule has 0 saturated carbocycles. The van der Waals surface area contributed by atoms with Gasteiger partial charge >= 0.3 is 0 Å². The Morgan fingerprint density at radius 1 is 1.14 bits per heavy atom. The highest BCUT2D eigenvalue weighted by Crippen LogP contribution is 2.26. The number of anilines is 2. The van der Waals surface area contributed by atoms with E-state index in [0.29, 0.717) is 19.8 Å². The van der Waals surface area contributed by atoms with E-state index in [4.69, 9.17) is 4.74 Å². The molecular weight excluding hydrogens is 356 g/mol. The largest absolute Gasteiger partial charge is 0.378 e. The summed E-state index contributed by atoms with van der Waals surface area (Å²) in [6.07, 6.45) is 4.02. The van der Waals surface area contributed by atoms with E-state index in [1.165, 1.54) is 0 Å². The predicted molar refractivity (Wildman–Crippen MR) is 108 cm³/mol. The maximum Gasteiger partial charge on any atom is 0.233 e. The van der Waals surface area contributed by atoms with Crippen molar-refractivity contribution in [2.45, 2.75) is 12.8 Å². The SMILES string of the molecule is CN(CCc1ccncc1)C(=O)CC(=O)Nc1ccccc1N1CCOCC1. The van der Waals surface area contributed by atoms with Gasteiger partial charge in [0.25, 0.3) is 0 Å². The smallest absolute Gasteiger partial charge is 0.233 e. The normalized spacial score (nSPS) is 13.8. The van der Waals surface area contributed by atoms with Crippen LogP contribution < -0.4 is 10.2 Å². The van der Waals surface area contributed by atoms with Crippen LogP contribution >= 0.6 is 0 Å².